The van der Waals surface area contributed by atoms with Crippen LogP contribution < -0.4 is 10.1 Å². The van der Waals surface area contributed by atoms with Crippen molar-refractivity contribution in [1.82, 2.24) is 5.32 Å². The molecule has 0 radical (unpaired) electrons. The van der Waals surface area contributed by atoms with E-state index in [2.05, 4.69) is 31.3 Å². The van der Waals surface area contributed by atoms with Crippen LogP contribution in [0.5, 0.6) is 5.75 Å². The molecule has 3 nitrogen and oxygen atoms in total. The Bertz CT molecular complexity index is 369. The maximum Gasteiger partial charge on any atom is 0.118 e. The summed E-state index contributed by atoms with van der Waals surface area (Å²) < 4.78 is 5.16. The van der Waals surface area contributed by atoms with E-state index in [-0.39, 0.29) is 17.6 Å². The average Bonchev–Trinajstić information content (AvgIpc) is 2.37. The topological polar surface area (TPSA) is 41.5 Å². The van der Waals surface area contributed by atoms with E-state index in [1.165, 1.54) is 5.56 Å². The molecule has 102 valence electrons. The zero-order valence-electron chi connectivity index (χ0n) is 12.1. The SMILES string of the molecule is COc1ccc(C(C)(C)CNC(C)(C)CO)cc1. The van der Waals surface area contributed by atoms with E-state index in [4.69, 9.17) is 4.74 Å². The van der Waals surface area contributed by atoms with Crippen LogP contribution in [0.25, 0.3) is 0 Å². The predicted octanol–water partition coefficient (Wildman–Crippen LogP) is 2.33. The summed E-state index contributed by atoms with van der Waals surface area (Å²) in [6, 6.07) is 8.14. The number of hydrogen-bond donors (Lipinski definition) is 2. The highest BCUT2D eigenvalue weighted by molar-refractivity contribution is 5.31. The van der Waals surface area contributed by atoms with Gasteiger partial charge in [-0.2, -0.15) is 0 Å². The molecule has 0 saturated carbocycles. The second-order valence-electron chi connectivity index (χ2n) is 6.01. The molecule has 0 fully saturated rings. The fourth-order valence-corrected chi connectivity index (χ4v) is 1.66. The summed E-state index contributed by atoms with van der Waals surface area (Å²) in [5.41, 5.74) is 1.02. The molecule has 1 rings (SSSR count). The largest absolute Gasteiger partial charge is 0.497 e. The lowest BCUT2D eigenvalue weighted by molar-refractivity contribution is 0.181. The molecular formula is C15H25NO2. The number of rotatable bonds is 6. The van der Waals surface area contributed by atoms with Gasteiger partial charge in [-0.05, 0) is 31.5 Å². The van der Waals surface area contributed by atoms with E-state index < -0.39 is 0 Å². The first-order valence-electron chi connectivity index (χ1n) is 6.31. The zero-order chi connectivity index (χ0) is 13.8. The standard InChI is InChI=1S/C15H25NO2/c1-14(2,10-16-15(3,4)11-17)12-6-8-13(18-5)9-7-12/h6-9,16-17H,10-11H2,1-5H3. The fourth-order valence-electron chi connectivity index (χ4n) is 1.66. The lowest BCUT2D eigenvalue weighted by atomic mass is 9.84. The van der Waals surface area contributed by atoms with Gasteiger partial charge in [0.25, 0.3) is 0 Å². The lowest BCUT2D eigenvalue weighted by Gasteiger charge is -2.32. The van der Waals surface area contributed by atoms with Crippen LogP contribution in [0.2, 0.25) is 0 Å². The van der Waals surface area contributed by atoms with E-state index in [1.807, 2.05) is 26.0 Å². The van der Waals surface area contributed by atoms with Gasteiger partial charge >= 0.3 is 0 Å². The van der Waals surface area contributed by atoms with Crippen LogP contribution in [0.3, 0.4) is 0 Å². The minimum atomic E-state index is -0.246. The van der Waals surface area contributed by atoms with Crippen LogP contribution in [0, 0.1) is 0 Å². The third-order valence-corrected chi connectivity index (χ3v) is 3.28. The quantitative estimate of drug-likeness (QED) is 0.815. The first-order valence-corrected chi connectivity index (χ1v) is 6.31. The maximum atomic E-state index is 9.25. The third kappa shape index (κ3) is 4.00. The Kier molecular flexibility index (Phi) is 4.77. The molecule has 0 unspecified atom stereocenters. The van der Waals surface area contributed by atoms with E-state index in [9.17, 15) is 5.11 Å². The molecule has 0 aliphatic heterocycles. The van der Waals surface area contributed by atoms with Gasteiger partial charge in [0, 0.05) is 17.5 Å². The van der Waals surface area contributed by atoms with Gasteiger partial charge in [0.2, 0.25) is 0 Å². The van der Waals surface area contributed by atoms with Gasteiger partial charge in [0.1, 0.15) is 5.75 Å². The van der Waals surface area contributed by atoms with Crippen molar-refractivity contribution in [3.8, 4) is 5.75 Å². The Balaban J connectivity index is 2.72. The summed E-state index contributed by atoms with van der Waals surface area (Å²) in [6.07, 6.45) is 0. The summed E-state index contributed by atoms with van der Waals surface area (Å²) in [7, 11) is 1.67. The van der Waals surface area contributed by atoms with Gasteiger partial charge in [-0.1, -0.05) is 26.0 Å². The first kappa shape index (κ1) is 15.0. The number of ether oxygens (including phenoxy) is 1. The minimum absolute atomic E-state index is 0.0126. The van der Waals surface area contributed by atoms with Gasteiger partial charge in [-0.3, -0.25) is 0 Å². The van der Waals surface area contributed by atoms with Crippen molar-refractivity contribution in [1.29, 1.82) is 0 Å². The van der Waals surface area contributed by atoms with Crippen molar-refractivity contribution >= 4 is 0 Å². The van der Waals surface area contributed by atoms with Gasteiger partial charge < -0.3 is 15.2 Å². The first-order chi connectivity index (χ1) is 8.30. The fraction of sp³-hybridized carbons (Fsp3) is 0.600. The van der Waals surface area contributed by atoms with Crippen LogP contribution in [0.4, 0.5) is 0 Å². The summed E-state index contributed by atoms with van der Waals surface area (Å²) in [5, 5.41) is 12.6. The Labute approximate surface area is 110 Å². The van der Waals surface area contributed by atoms with E-state index >= 15 is 0 Å². The average molecular weight is 251 g/mol. The second kappa shape index (κ2) is 5.72. The van der Waals surface area contributed by atoms with Crippen LogP contribution in [-0.4, -0.2) is 30.9 Å². The molecule has 0 spiro atoms. The van der Waals surface area contributed by atoms with Crippen molar-refractivity contribution in [2.24, 2.45) is 0 Å². The molecule has 0 saturated heterocycles. The van der Waals surface area contributed by atoms with Crippen LogP contribution in [0.15, 0.2) is 24.3 Å². The summed E-state index contributed by atoms with van der Waals surface area (Å²) >= 11 is 0. The van der Waals surface area contributed by atoms with Crippen molar-refractivity contribution in [2.75, 3.05) is 20.3 Å². The summed E-state index contributed by atoms with van der Waals surface area (Å²) in [6.45, 7) is 9.32. The molecule has 0 aromatic heterocycles. The molecule has 0 aliphatic rings. The molecular weight excluding hydrogens is 226 g/mol. The van der Waals surface area contributed by atoms with E-state index in [1.54, 1.807) is 7.11 Å². The maximum absolute atomic E-state index is 9.25. The molecule has 0 heterocycles. The molecule has 0 atom stereocenters. The summed E-state index contributed by atoms with van der Waals surface area (Å²) in [4.78, 5) is 0. The Morgan fingerprint density at radius 3 is 2.11 bits per heavy atom. The number of aliphatic hydroxyl groups excluding tert-OH is 1. The Hall–Kier alpha value is -1.06. The lowest BCUT2D eigenvalue weighted by Crippen LogP contribution is -2.48. The van der Waals surface area contributed by atoms with Crippen LogP contribution in [0.1, 0.15) is 33.3 Å². The molecule has 1 aromatic rings. The molecule has 2 N–H and O–H groups in total. The van der Waals surface area contributed by atoms with Crippen molar-refractivity contribution in [3.05, 3.63) is 29.8 Å². The molecule has 3 heteroatoms. The highest BCUT2D eigenvalue weighted by atomic mass is 16.5. The molecule has 0 bridgehead atoms. The third-order valence-electron chi connectivity index (χ3n) is 3.28. The highest BCUT2D eigenvalue weighted by Crippen LogP contribution is 2.25. The van der Waals surface area contributed by atoms with Crippen LogP contribution >= 0.6 is 0 Å². The second-order valence-corrected chi connectivity index (χ2v) is 6.01. The van der Waals surface area contributed by atoms with Crippen molar-refractivity contribution in [3.63, 3.8) is 0 Å². The van der Waals surface area contributed by atoms with E-state index in [0.29, 0.717) is 0 Å². The number of aliphatic hydroxyl groups is 1. The minimum Gasteiger partial charge on any atom is -0.497 e. The van der Waals surface area contributed by atoms with Gasteiger partial charge in [0.05, 0.1) is 13.7 Å². The summed E-state index contributed by atoms with van der Waals surface area (Å²) in [5.74, 6) is 0.873. The van der Waals surface area contributed by atoms with Crippen molar-refractivity contribution < 1.29 is 9.84 Å². The molecule has 0 aliphatic carbocycles. The molecule has 1 aromatic carbocycles. The zero-order valence-corrected chi connectivity index (χ0v) is 12.1. The predicted molar refractivity (Wildman–Crippen MR) is 75.2 cm³/mol. The van der Waals surface area contributed by atoms with E-state index in [0.717, 1.165) is 12.3 Å². The van der Waals surface area contributed by atoms with Crippen LogP contribution in [-0.2, 0) is 5.41 Å². The highest BCUT2D eigenvalue weighted by Gasteiger charge is 2.24. The molecule has 18 heavy (non-hydrogen) atoms. The van der Waals surface area contributed by atoms with Crippen molar-refractivity contribution in [2.45, 2.75) is 38.6 Å². The molecule has 0 amide bonds. The Morgan fingerprint density at radius 1 is 1.11 bits per heavy atom. The van der Waals surface area contributed by atoms with Gasteiger partial charge in [0.15, 0.2) is 0 Å². The Morgan fingerprint density at radius 2 is 1.67 bits per heavy atom. The smallest absolute Gasteiger partial charge is 0.118 e. The van der Waals surface area contributed by atoms with Gasteiger partial charge in [-0.15, -0.1) is 0 Å². The normalized spacial score (nSPS) is 12.6. The number of methoxy groups -OCH3 is 1. The number of hydrogen-bond acceptors (Lipinski definition) is 3. The number of benzene rings is 1. The number of nitrogens with one attached hydrogen (secondary N) is 1. The van der Waals surface area contributed by atoms with Gasteiger partial charge in [-0.25, -0.2) is 0 Å². The monoisotopic (exact) mass is 251 g/mol.